The lowest BCUT2D eigenvalue weighted by molar-refractivity contribution is 0.521. The minimum atomic E-state index is 0.838. The minimum Gasteiger partial charge on any atom is -0.389 e. The van der Waals surface area contributed by atoms with E-state index in [1.165, 1.54) is 150 Å². The van der Waals surface area contributed by atoms with Crippen LogP contribution in [0.1, 0.15) is 173 Å². The molecular formula is C49H75N3. The molecular weight excluding hydrogens is 631 g/mol. The third-order valence-electron chi connectivity index (χ3n) is 10.6. The summed E-state index contributed by atoms with van der Waals surface area (Å²) in [6.07, 6.45) is 37.0. The summed E-state index contributed by atoms with van der Waals surface area (Å²) in [5.41, 5.74) is 9.50. The first kappa shape index (κ1) is 43.0. The molecule has 0 saturated carbocycles. The Morgan fingerprint density at radius 3 is 1.63 bits per heavy atom. The number of para-hydroxylation sites is 1. The molecule has 3 nitrogen and oxygen atoms in total. The molecule has 1 aliphatic carbocycles. The quantitative estimate of drug-likeness (QED) is 0.0457. The summed E-state index contributed by atoms with van der Waals surface area (Å²) >= 11 is 0. The average Bonchev–Trinajstić information content (AvgIpc) is 3.13. The molecule has 1 aliphatic heterocycles. The fourth-order valence-corrected chi connectivity index (χ4v) is 7.31. The third kappa shape index (κ3) is 18.9. The molecule has 0 unspecified atom stereocenters. The van der Waals surface area contributed by atoms with E-state index in [0.29, 0.717) is 0 Å². The Morgan fingerprint density at radius 2 is 1.08 bits per heavy atom. The van der Waals surface area contributed by atoms with E-state index >= 15 is 0 Å². The van der Waals surface area contributed by atoms with Gasteiger partial charge in [0.1, 0.15) is 0 Å². The van der Waals surface area contributed by atoms with E-state index in [2.05, 4.69) is 97.0 Å². The maximum Gasteiger partial charge on any atom is 0.0570 e. The van der Waals surface area contributed by atoms with Crippen molar-refractivity contribution >= 4 is 5.69 Å². The van der Waals surface area contributed by atoms with Crippen LogP contribution < -0.4 is 15.5 Å². The molecule has 0 atom stereocenters. The second-order valence-electron chi connectivity index (χ2n) is 15.6. The number of hydrogen-bond acceptors (Lipinski definition) is 3. The van der Waals surface area contributed by atoms with Crippen molar-refractivity contribution in [1.82, 2.24) is 10.6 Å². The molecule has 3 heteroatoms. The Morgan fingerprint density at radius 1 is 0.577 bits per heavy atom. The zero-order chi connectivity index (χ0) is 37.1. The van der Waals surface area contributed by atoms with Crippen molar-refractivity contribution in [3.05, 3.63) is 102 Å². The Labute approximate surface area is 321 Å². The zero-order valence-electron chi connectivity index (χ0n) is 33.5. The average molecular weight is 706 g/mol. The molecule has 0 spiro atoms. The molecule has 2 N–H and O–H groups in total. The first-order valence-corrected chi connectivity index (χ1v) is 21.4. The van der Waals surface area contributed by atoms with Crippen LogP contribution in [0, 0.1) is 11.8 Å². The Balaban J connectivity index is 1.07. The summed E-state index contributed by atoms with van der Waals surface area (Å²) in [6, 6.07) is 8.49. The van der Waals surface area contributed by atoms with Crippen LogP contribution in [0.25, 0.3) is 0 Å². The van der Waals surface area contributed by atoms with E-state index < -0.39 is 0 Å². The van der Waals surface area contributed by atoms with Gasteiger partial charge in [-0.05, 0) is 82.4 Å². The molecule has 286 valence electrons. The number of nitrogens with zero attached hydrogens (tertiary/aromatic N) is 1. The van der Waals surface area contributed by atoms with Gasteiger partial charge in [-0.1, -0.05) is 164 Å². The van der Waals surface area contributed by atoms with Crippen LogP contribution in [-0.4, -0.2) is 19.6 Å². The molecule has 0 saturated heterocycles. The van der Waals surface area contributed by atoms with E-state index in [0.717, 1.165) is 75.1 Å². The highest BCUT2D eigenvalue weighted by Crippen LogP contribution is 2.31. The van der Waals surface area contributed by atoms with Crippen LogP contribution in [-0.2, 0) is 0 Å². The van der Waals surface area contributed by atoms with Crippen LogP contribution in [0.4, 0.5) is 5.69 Å². The minimum absolute atomic E-state index is 0.838. The van der Waals surface area contributed by atoms with Crippen molar-refractivity contribution in [2.24, 2.45) is 0 Å². The molecule has 0 aromatic heterocycles. The maximum absolute atomic E-state index is 4.52. The van der Waals surface area contributed by atoms with Crippen LogP contribution >= 0.6 is 0 Å². The smallest absolute Gasteiger partial charge is 0.0570 e. The Kier molecular flexibility index (Phi) is 22.6. The Hall–Kier alpha value is -3.38. The van der Waals surface area contributed by atoms with Gasteiger partial charge in [0.15, 0.2) is 0 Å². The molecule has 2 aliphatic rings. The monoisotopic (exact) mass is 706 g/mol. The topological polar surface area (TPSA) is 27.3 Å². The number of fused-ring (bicyclic) bond motifs is 2. The predicted octanol–water partition coefficient (Wildman–Crippen LogP) is 13.8. The number of anilines is 1. The summed E-state index contributed by atoms with van der Waals surface area (Å²) in [5.74, 6) is 6.85. The van der Waals surface area contributed by atoms with E-state index in [4.69, 9.17) is 0 Å². The zero-order valence-corrected chi connectivity index (χ0v) is 33.5. The van der Waals surface area contributed by atoms with Crippen molar-refractivity contribution in [2.75, 3.05) is 24.5 Å². The normalized spacial score (nSPS) is 13.4. The number of unbranched alkanes of at least 4 members (excludes halogenated alkanes) is 17. The predicted molar refractivity (Wildman–Crippen MR) is 230 cm³/mol. The molecule has 1 aromatic carbocycles. The van der Waals surface area contributed by atoms with E-state index in [1.807, 2.05) is 0 Å². The Bertz CT molecular complexity index is 1350. The molecule has 52 heavy (non-hydrogen) atoms. The van der Waals surface area contributed by atoms with Crippen molar-refractivity contribution in [3.63, 3.8) is 0 Å². The van der Waals surface area contributed by atoms with Crippen LogP contribution in [0.2, 0.25) is 0 Å². The summed E-state index contributed by atoms with van der Waals surface area (Å²) in [5, 5.41) is 7.10. The summed E-state index contributed by atoms with van der Waals surface area (Å²) in [4.78, 5) is 2.37. The van der Waals surface area contributed by atoms with Gasteiger partial charge in [-0.15, -0.1) is 6.58 Å². The summed E-state index contributed by atoms with van der Waals surface area (Å²) in [6.45, 7) is 22.0. The standard InChI is InChI=1S/C49H75N3/c1-42(2)29-28-30-43(3)50-39-26-20-18-16-14-12-10-8-6-7-9-11-13-15-17-19-21-27-40-51-44(4)35-36-45(5)52-41-48-33-23-22-31-46(48)37-38-47-32-24-25-34-49(47)52/h24-25,31-34,50-51H,1,3-23,26-30,35-36,39-41H2,2H3. The van der Waals surface area contributed by atoms with Crippen LogP contribution in [0.5, 0.6) is 0 Å². The largest absolute Gasteiger partial charge is 0.389 e. The first-order chi connectivity index (χ1) is 25.4. The highest BCUT2D eigenvalue weighted by atomic mass is 15.1. The van der Waals surface area contributed by atoms with E-state index in [1.54, 1.807) is 0 Å². The van der Waals surface area contributed by atoms with Crippen molar-refractivity contribution in [3.8, 4) is 11.8 Å². The summed E-state index contributed by atoms with van der Waals surface area (Å²) in [7, 11) is 0. The maximum atomic E-state index is 4.52. The molecule has 0 radical (unpaired) electrons. The van der Waals surface area contributed by atoms with Gasteiger partial charge in [0.2, 0.25) is 0 Å². The van der Waals surface area contributed by atoms with Gasteiger partial charge in [0, 0.05) is 47.9 Å². The first-order valence-electron chi connectivity index (χ1n) is 21.4. The number of rotatable bonds is 31. The van der Waals surface area contributed by atoms with Crippen molar-refractivity contribution in [2.45, 2.75) is 167 Å². The molecule has 3 rings (SSSR count). The highest BCUT2D eigenvalue weighted by molar-refractivity contribution is 5.68. The van der Waals surface area contributed by atoms with Gasteiger partial charge in [-0.2, -0.15) is 0 Å². The molecule has 1 aromatic rings. The van der Waals surface area contributed by atoms with Gasteiger partial charge < -0.3 is 15.5 Å². The highest BCUT2D eigenvalue weighted by Gasteiger charge is 2.19. The molecule has 1 heterocycles. The van der Waals surface area contributed by atoms with Gasteiger partial charge in [0.25, 0.3) is 0 Å². The van der Waals surface area contributed by atoms with Gasteiger partial charge >= 0.3 is 0 Å². The lowest BCUT2D eigenvalue weighted by atomic mass is 9.95. The molecule has 0 amide bonds. The van der Waals surface area contributed by atoms with Gasteiger partial charge in [-0.25, -0.2) is 0 Å². The van der Waals surface area contributed by atoms with E-state index in [-0.39, 0.29) is 0 Å². The second kappa shape index (κ2) is 27.3. The fraction of sp³-hybridized carbons (Fsp3) is 0.592. The lowest BCUT2D eigenvalue weighted by Gasteiger charge is -2.31. The third-order valence-corrected chi connectivity index (χ3v) is 10.6. The van der Waals surface area contributed by atoms with Crippen LogP contribution in [0.15, 0.2) is 96.5 Å². The number of nitrogens with one attached hydrogen (secondary N) is 2. The van der Waals surface area contributed by atoms with Gasteiger partial charge in [-0.3, -0.25) is 0 Å². The van der Waals surface area contributed by atoms with Gasteiger partial charge in [0.05, 0.1) is 5.69 Å². The fourth-order valence-electron chi connectivity index (χ4n) is 7.31. The summed E-state index contributed by atoms with van der Waals surface area (Å²) < 4.78 is 0. The second-order valence-corrected chi connectivity index (χ2v) is 15.6. The molecule has 0 bridgehead atoms. The SMILES string of the molecule is C=C(C)CCCC(=C)NCCCCCCCCCCCCCCCCCCCCNC(=C)CCC(=C)N1CC2=CCCC=C2C#Cc2ccccc21. The van der Waals surface area contributed by atoms with Crippen LogP contribution in [0.3, 0.4) is 0 Å². The molecule has 0 fully saturated rings. The van der Waals surface area contributed by atoms with Crippen molar-refractivity contribution in [1.29, 1.82) is 0 Å². The number of allylic oxidation sites excluding steroid dienone is 6. The lowest BCUT2D eigenvalue weighted by Crippen LogP contribution is -2.27. The number of benzene rings is 1. The number of hydrogen-bond donors (Lipinski definition) is 2. The van der Waals surface area contributed by atoms with Crippen molar-refractivity contribution < 1.29 is 0 Å². The van der Waals surface area contributed by atoms with E-state index in [9.17, 15) is 0 Å².